The van der Waals surface area contributed by atoms with Crippen LogP contribution in [0.15, 0.2) is 18.2 Å². The van der Waals surface area contributed by atoms with Crippen molar-refractivity contribution in [3.8, 4) is 0 Å². The molecule has 1 atom stereocenters. The smallest absolute Gasteiger partial charge is 0.255 e. The molecule has 0 spiro atoms. The van der Waals surface area contributed by atoms with Crippen molar-refractivity contribution in [3.63, 3.8) is 0 Å². The maximum atomic E-state index is 13.5. The summed E-state index contributed by atoms with van der Waals surface area (Å²) in [6.45, 7) is 5.55. The molecular formula is C16H22ClFN2O. The topological polar surface area (TPSA) is 32.3 Å². The second-order valence-electron chi connectivity index (χ2n) is 5.80. The van der Waals surface area contributed by atoms with Crippen molar-refractivity contribution < 1.29 is 9.18 Å². The third-order valence-corrected chi connectivity index (χ3v) is 4.28. The van der Waals surface area contributed by atoms with Crippen LogP contribution in [0, 0.1) is 5.82 Å². The van der Waals surface area contributed by atoms with E-state index in [1.807, 2.05) is 13.8 Å². The van der Waals surface area contributed by atoms with E-state index in [2.05, 4.69) is 5.32 Å². The lowest BCUT2D eigenvalue weighted by Crippen LogP contribution is -2.48. The summed E-state index contributed by atoms with van der Waals surface area (Å²) in [7, 11) is 0. The van der Waals surface area contributed by atoms with Gasteiger partial charge in [0.15, 0.2) is 0 Å². The zero-order valence-electron chi connectivity index (χ0n) is 12.5. The minimum absolute atomic E-state index is 0.0422. The van der Waals surface area contributed by atoms with Crippen LogP contribution in [0.3, 0.4) is 0 Å². The molecule has 116 valence electrons. The first-order chi connectivity index (χ1) is 10.0. The Bertz CT molecular complexity index is 501. The number of halogens is 2. The maximum absolute atomic E-state index is 13.5. The molecule has 3 nitrogen and oxygen atoms in total. The van der Waals surface area contributed by atoms with Gasteiger partial charge in [0.1, 0.15) is 5.82 Å². The van der Waals surface area contributed by atoms with Crippen LogP contribution in [0.1, 0.15) is 43.5 Å². The normalized spacial score (nSPS) is 18.8. The molecule has 1 aliphatic heterocycles. The van der Waals surface area contributed by atoms with E-state index in [-0.39, 0.29) is 22.5 Å². The number of piperidine rings is 1. The highest BCUT2D eigenvalue weighted by molar-refractivity contribution is 6.34. The molecule has 1 heterocycles. The van der Waals surface area contributed by atoms with E-state index in [0.717, 1.165) is 13.0 Å². The molecule has 0 bridgehead atoms. The Morgan fingerprint density at radius 2 is 2.24 bits per heavy atom. The number of amides is 1. The van der Waals surface area contributed by atoms with Crippen molar-refractivity contribution in [2.24, 2.45) is 0 Å². The first-order valence-corrected chi connectivity index (χ1v) is 7.87. The Labute approximate surface area is 130 Å². The lowest BCUT2D eigenvalue weighted by molar-refractivity contribution is 0.0676. The third kappa shape index (κ3) is 3.95. The highest BCUT2D eigenvalue weighted by Gasteiger charge is 2.25. The van der Waals surface area contributed by atoms with Crippen molar-refractivity contribution in [3.05, 3.63) is 34.6 Å². The fraction of sp³-hybridized carbons (Fsp3) is 0.562. The zero-order valence-corrected chi connectivity index (χ0v) is 13.3. The van der Waals surface area contributed by atoms with Gasteiger partial charge >= 0.3 is 0 Å². The summed E-state index contributed by atoms with van der Waals surface area (Å²) in [4.78, 5) is 14.4. The minimum atomic E-state index is -0.554. The average Bonchev–Trinajstić information content (AvgIpc) is 2.48. The Balaban J connectivity index is 2.17. The number of carbonyl (C=O) groups is 1. The first kappa shape index (κ1) is 16.2. The second-order valence-corrected chi connectivity index (χ2v) is 6.18. The van der Waals surface area contributed by atoms with Gasteiger partial charge in [-0.3, -0.25) is 4.79 Å². The van der Waals surface area contributed by atoms with E-state index in [4.69, 9.17) is 11.6 Å². The van der Waals surface area contributed by atoms with Crippen molar-refractivity contribution in [1.29, 1.82) is 0 Å². The van der Waals surface area contributed by atoms with Crippen LogP contribution in [0.5, 0.6) is 0 Å². The molecule has 1 fully saturated rings. The van der Waals surface area contributed by atoms with Gasteiger partial charge in [0.25, 0.3) is 5.91 Å². The highest BCUT2D eigenvalue weighted by atomic mass is 35.5. The molecule has 2 rings (SSSR count). The van der Waals surface area contributed by atoms with E-state index in [1.165, 1.54) is 25.0 Å². The Kier molecular flexibility index (Phi) is 5.59. The summed E-state index contributed by atoms with van der Waals surface area (Å²) in [6.07, 6.45) is 3.42. The summed E-state index contributed by atoms with van der Waals surface area (Å²) in [5, 5.41) is 3.34. The maximum Gasteiger partial charge on any atom is 0.255 e. The number of hydrogen-bond acceptors (Lipinski definition) is 2. The fourth-order valence-corrected chi connectivity index (χ4v) is 2.88. The molecule has 5 heteroatoms. The van der Waals surface area contributed by atoms with Crippen LogP contribution in [-0.2, 0) is 0 Å². The summed E-state index contributed by atoms with van der Waals surface area (Å²) in [6, 6.07) is 4.71. The van der Waals surface area contributed by atoms with Crippen LogP contribution in [-0.4, -0.2) is 36.0 Å². The van der Waals surface area contributed by atoms with E-state index in [9.17, 15) is 9.18 Å². The molecule has 1 amide bonds. The van der Waals surface area contributed by atoms with E-state index < -0.39 is 5.82 Å². The first-order valence-electron chi connectivity index (χ1n) is 7.49. The van der Waals surface area contributed by atoms with Gasteiger partial charge in [-0.25, -0.2) is 4.39 Å². The molecule has 21 heavy (non-hydrogen) atoms. The predicted molar refractivity (Wildman–Crippen MR) is 83.2 cm³/mol. The molecule has 0 saturated carbocycles. The fourth-order valence-electron chi connectivity index (χ4n) is 2.67. The largest absolute Gasteiger partial charge is 0.335 e. The zero-order chi connectivity index (χ0) is 15.4. The van der Waals surface area contributed by atoms with Crippen molar-refractivity contribution >= 4 is 17.5 Å². The molecule has 0 aliphatic carbocycles. The SMILES string of the molecule is CC(C)N(CC1CCCCN1)C(=O)c1cccc(F)c1Cl. The Hall–Kier alpha value is -1.13. The van der Waals surface area contributed by atoms with Crippen LogP contribution in [0.2, 0.25) is 5.02 Å². The molecule has 0 aromatic heterocycles. The number of nitrogens with one attached hydrogen (secondary N) is 1. The van der Waals surface area contributed by atoms with Gasteiger partial charge in [-0.15, -0.1) is 0 Å². The summed E-state index contributed by atoms with van der Waals surface area (Å²) in [5.74, 6) is -0.760. The third-order valence-electron chi connectivity index (χ3n) is 3.90. The van der Waals surface area contributed by atoms with Crippen LogP contribution in [0.25, 0.3) is 0 Å². The van der Waals surface area contributed by atoms with Gasteiger partial charge < -0.3 is 10.2 Å². The van der Waals surface area contributed by atoms with Gasteiger partial charge in [-0.1, -0.05) is 24.1 Å². The quantitative estimate of drug-likeness (QED) is 0.923. The number of carbonyl (C=O) groups excluding carboxylic acids is 1. The Morgan fingerprint density at radius 3 is 2.86 bits per heavy atom. The summed E-state index contributed by atoms with van der Waals surface area (Å²) >= 11 is 5.94. The molecule has 1 saturated heterocycles. The number of nitrogens with zero attached hydrogens (tertiary/aromatic N) is 1. The highest BCUT2D eigenvalue weighted by Crippen LogP contribution is 2.22. The molecular weight excluding hydrogens is 291 g/mol. The number of rotatable bonds is 4. The average molecular weight is 313 g/mol. The van der Waals surface area contributed by atoms with Crippen molar-refractivity contribution in [2.75, 3.05) is 13.1 Å². The molecule has 1 aromatic rings. The summed E-state index contributed by atoms with van der Waals surface area (Å²) in [5.41, 5.74) is 0.237. The number of benzene rings is 1. The van der Waals surface area contributed by atoms with Crippen molar-refractivity contribution in [2.45, 2.75) is 45.2 Å². The number of hydrogen-bond donors (Lipinski definition) is 1. The van der Waals surface area contributed by atoms with Gasteiger partial charge in [0, 0.05) is 18.6 Å². The standard InChI is InChI=1S/C16H22ClFN2O/c1-11(2)20(10-12-6-3-4-9-19-12)16(21)13-7-5-8-14(18)15(13)17/h5,7-8,11-12,19H,3-4,6,9-10H2,1-2H3. The Morgan fingerprint density at radius 1 is 1.48 bits per heavy atom. The van der Waals surface area contributed by atoms with Crippen LogP contribution < -0.4 is 5.32 Å². The van der Waals surface area contributed by atoms with Gasteiger partial charge in [-0.2, -0.15) is 0 Å². The van der Waals surface area contributed by atoms with Gasteiger partial charge in [-0.05, 0) is 45.4 Å². The van der Waals surface area contributed by atoms with Crippen molar-refractivity contribution in [1.82, 2.24) is 10.2 Å². The summed E-state index contributed by atoms with van der Waals surface area (Å²) < 4.78 is 13.5. The predicted octanol–water partition coefficient (Wildman–Crippen LogP) is 3.47. The van der Waals surface area contributed by atoms with Gasteiger partial charge in [0.05, 0.1) is 10.6 Å². The minimum Gasteiger partial charge on any atom is -0.335 e. The second kappa shape index (κ2) is 7.23. The van der Waals surface area contributed by atoms with Crippen LogP contribution in [0.4, 0.5) is 4.39 Å². The molecule has 1 aliphatic rings. The lowest BCUT2D eigenvalue weighted by Gasteiger charge is -2.33. The molecule has 1 N–H and O–H groups in total. The van der Waals surface area contributed by atoms with E-state index in [1.54, 1.807) is 11.0 Å². The molecule has 1 unspecified atom stereocenters. The molecule has 1 aromatic carbocycles. The van der Waals surface area contributed by atoms with Gasteiger partial charge in [0.2, 0.25) is 0 Å². The van der Waals surface area contributed by atoms with Crippen LogP contribution >= 0.6 is 11.6 Å². The monoisotopic (exact) mass is 312 g/mol. The van der Waals surface area contributed by atoms with E-state index >= 15 is 0 Å². The molecule has 0 radical (unpaired) electrons. The van der Waals surface area contributed by atoms with E-state index in [0.29, 0.717) is 12.6 Å². The lowest BCUT2D eigenvalue weighted by atomic mass is 10.0.